The third kappa shape index (κ3) is 9.17. The molecule has 0 aliphatic carbocycles. The van der Waals surface area contributed by atoms with Gasteiger partial charge in [-0.15, -0.1) is 0 Å². The summed E-state index contributed by atoms with van der Waals surface area (Å²) in [5.74, 6) is 0.284. The summed E-state index contributed by atoms with van der Waals surface area (Å²) < 4.78 is 0. The number of rotatable bonds is 11. The van der Waals surface area contributed by atoms with E-state index in [1.165, 1.54) is 51.0 Å². The molecule has 0 heterocycles. The van der Waals surface area contributed by atoms with Gasteiger partial charge in [0.25, 0.3) is 0 Å². The fraction of sp³-hybridized carbons (Fsp3) is 0.579. The van der Waals surface area contributed by atoms with E-state index in [2.05, 4.69) is 19.1 Å². The van der Waals surface area contributed by atoms with Gasteiger partial charge in [0.1, 0.15) is 11.5 Å². The van der Waals surface area contributed by atoms with E-state index in [-0.39, 0.29) is 11.5 Å². The number of allylic oxidation sites excluding steroid dienone is 2. The molecule has 21 heavy (non-hydrogen) atoms. The first kappa shape index (κ1) is 17.6. The molecular weight excluding hydrogens is 260 g/mol. The molecule has 2 nitrogen and oxygen atoms in total. The lowest BCUT2D eigenvalue weighted by atomic mass is 10.1. The molecule has 1 aromatic rings. The minimum absolute atomic E-state index is 0.142. The number of hydrogen-bond donors (Lipinski definition) is 2. The fourth-order valence-corrected chi connectivity index (χ4v) is 2.50. The first-order chi connectivity index (χ1) is 10.2. The molecule has 2 N–H and O–H groups in total. The van der Waals surface area contributed by atoms with Gasteiger partial charge in [0.2, 0.25) is 0 Å². The second kappa shape index (κ2) is 11.2. The van der Waals surface area contributed by atoms with Gasteiger partial charge in [0.15, 0.2) is 0 Å². The predicted molar refractivity (Wildman–Crippen MR) is 89.8 cm³/mol. The summed E-state index contributed by atoms with van der Waals surface area (Å²) >= 11 is 0. The van der Waals surface area contributed by atoms with Gasteiger partial charge in [-0.1, -0.05) is 51.2 Å². The zero-order valence-corrected chi connectivity index (χ0v) is 13.4. The summed E-state index contributed by atoms with van der Waals surface area (Å²) in [5, 5.41) is 18.8. The molecule has 0 aliphatic rings. The van der Waals surface area contributed by atoms with Crippen molar-refractivity contribution >= 4 is 0 Å². The highest BCUT2D eigenvalue weighted by atomic mass is 16.3. The molecule has 118 valence electrons. The van der Waals surface area contributed by atoms with Crippen LogP contribution in [0, 0.1) is 0 Å². The molecule has 2 heteroatoms. The highest BCUT2D eigenvalue weighted by Crippen LogP contribution is 2.21. The molecule has 0 saturated carbocycles. The second-order valence-corrected chi connectivity index (χ2v) is 5.78. The average Bonchev–Trinajstić information content (AvgIpc) is 2.44. The van der Waals surface area contributed by atoms with Gasteiger partial charge < -0.3 is 10.2 Å². The largest absolute Gasteiger partial charge is 0.508 e. The van der Waals surface area contributed by atoms with Gasteiger partial charge in [0, 0.05) is 6.07 Å². The number of phenols is 2. The fourth-order valence-electron chi connectivity index (χ4n) is 2.50. The second-order valence-electron chi connectivity index (χ2n) is 5.78. The van der Waals surface area contributed by atoms with Crippen LogP contribution < -0.4 is 0 Å². The molecule has 0 unspecified atom stereocenters. The molecule has 0 amide bonds. The molecule has 0 saturated heterocycles. The molecule has 0 atom stereocenters. The van der Waals surface area contributed by atoms with Crippen LogP contribution in [-0.2, 0) is 6.42 Å². The normalized spacial score (nSPS) is 11.3. The Balaban J connectivity index is 2.02. The number of unbranched alkanes of at least 4 members (excludes halogenated alkanes) is 7. The molecular formula is C19H30O2. The standard InChI is InChI=1S/C19H30O2/c1-2-3-4-5-6-7-8-9-10-11-12-13-17-14-18(20)16-19(21)15-17/h9-10,14-16,20-21H,2-8,11-13H2,1H3. The van der Waals surface area contributed by atoms with Gasteiger partial charge in [-0.25, -0.2) is 0 Å². The third-order valence-corrected chi connectivity index (χ3v) is 3.69. The Morgan fingerprint density at radius 1 is 0.762 bits per heavy atom. The van der Waals surface area contributed by atoms with E-state index in [9.17, 15) is 10.2 Å². The minimum Gasteiger partial charge on any atom is -0.508 e. The Hall–Kier alpha value is -1.44. The molecule has 0 spiro atoms. The van der Waals surface area contributed by atoms with Crippen LogP contribution >= 0.6 is 0 Å². The molecule has 0 aliphatic heterocycles. The van der Waals surface area contributed by atoms with E-state index in [4.69, 9.17) is 0 Å². The Bertz CT molecular complexity index is 390. The molecule has 0 fully saturated rings. The van der Waals surface area contributed by atoms with Gasteiger partial charge in [-0.2, -0.15) is 0 Å². The SMILES string of the molecule is CCCCCCCCC=CCCCc1cc(O)cc(O)c1. The molecule has 0 radical (unpaired) electrons. The van der Waals surface area contributed by atoms with E-state index in [0.717, 1.165) is 24.8 Å². The lowest BCUT2D eigenvalue weighted by Gasteiger charge is -2.02. The van der Waals surface area contributed by atoms with Crippen LogP contribution in [0.25, 0.3) is 0 Å². The van der Waals surface area contributed by atoms with Crippen LogP contribution in [0.2, 0.25) is 0 Å². The van der Waals surface area contributed by atoms with Gasteiger partial charge in [-0.3, -0.25) is 0 Å². The summed E-state index contributed by atoms with van der Waals surface area (Å²) in [6.07, 6.45) is 16.9. The zero-order valence-electron chi connectivity index (χ0n) is 13.4. The maximum atomic E-state index is 9.40. The van der Waals surface area contributed by atoms with E-state index < -0.39 is 0 Å². The summed E-state index contributed by atoms with van der Waals surface area (Å²) in [7, 11) is 0. The Morgan fingerprint density at radius 3 is 2.00 bits per heavy atom. The van der Waals surface area contributed by atoms with E-state index in [1.807, 2.05) is 0 Å². The van der Waals surface area contributed by atoms with Crippen molar-refractivity contribution < 1.29 is 10.2 Å². The Morgan fingerprint density at radius 2 is 1.33 bits per heavy atom. The highest BCUT2D eigenvalue weighted by molar-refractivity contribution is 5.36. The van der Waals surface area contributed by atoms with Crippen molar-refractivity contribution in [1.29, 1.82) is 0 Å². The molecule has 0 aromatic heterocycles. The summed E-state index contributed by atoms with van der Waals surface area (Å²) in [4.78, 5) is 0. The third-order valence-electron chi connectivity index (χ3n) is 3.69. The van der Waals surface area contributed by atoms with Crippen LogP contribution in [0.15, 0.2) is 30.4 Å². The Kier molecular flexibility index (Phi) is 9.43. The van der Waals surface area contributed by atoms with Gasteiger partial charge >= 0.3 is 0 Å². The van der Waals surface area contributed by atoms with Crippen molar-refractivity contribution in [3.05, 3.63) is 35.9 Å². The number of hydrogen-bond acceptors (Lipinski definition) is 2. The molecule has 1 rings (SSSR count). The van der Waals surface area contributed by atoms with Crippen molar-refractivity contribution in [1.82, 2.24) is 0 Å². The van der Waals surface area contributed by atoms with E-state index in [0.29, 0.717) is 0 Å². The van der Waals surface area contributed by atoms with E-state index in [1.54, 1.807) is 12.1 Å². The van der Waals surface area contributed by atoms with Crippen molar-refractivity contribution in [3.63, 3.8) is 0 Å². The smallest absolute Gasteiger partial charge is 0.119 e. The lowest BCUT2D eigenvalue weighted by molar-refractivity contribution is 0.449. The van der Waals surface area contributed by atoms with Crippen LogP contribution in [0.4, 0.5) is 0 Å². The quantitative estimate of drug-likeness (QED) is 0.404. The van der Waals surface area contributed by atoms with Crippen molar-refractivity contribution in [2.75, 3.05) is 0 Å². The maximum absolute atomic E-state index is 9.40. The van der Waals surface area contributed by atoms with Crippen LogP contribution in [0.1, 0.15) is 70.3 Å². The van der Waals surface area contributed by atoms with Crippen molar-refractivity contribution in [2.24, 2.45) is 0 Å². The van der Waals surface area contributed by atoms with Crippen molar-refractivity contribution in [2.45, 2.75) is 71.1 Å². The summed E-state index contributed by atoms with van der Waals surface area (Å²) in [5.41, 5.74) is 0.997. The number of benzene rings is 1. The van der Waals surface area contributed by atoms with Crippen LogP contribution in [-0.4, -0.2) is 10.2 Å². The van der Waals surface area contributed by atoms with E-state index >= 15 is 0 Å². The molecule has 1 aromatic carbocycles. The molecule has 0 bridgehead atoms. The zero-order chi connectivity index (χ0) is 15.3. The Labute approximate surface area is 129 Å². The number of aromatic hydroxyl groups is 2. The topological polar surface area (TPSA) is 40.5 Å². The number of phenolic OH excluding ortho intramolecular Hbond substituents is 2. The van der Waals surface area contributed by atoms with Crippen LogP contribution in [0.5, 0.6) is 11.5 Å². The average molecular weight is 290 g/mol. The van der Waals surface area contributed by atoms with Crippen LogP contribution in [0.3, 0.4) is 0 Å². The van der Waals surface area contributed by atoms with Gasteiger partial charge in [0.05, 0.1) is 0 Å². The van der Waals surface area contributed by atoms with Gasteiger partial charge in [-0.05, 0) is 49.8 Å². The summed E-state index contributed by atoms with van der Waals surface area (Å²) in [6.45, 7) is 2.25. The lowest BCUT2D eigenvalue weighted by Crippen LogP contribution is -1.84. The predicted octanol–water partition coefficient (Wildman–Crippen LogP) is 5.73. The first-order valence-electron chi connectivity index (χ1n) is 8.39. The summed E-state index contributed by atoms with van der Waals surface area (Å²) in [6, 6.07) is 4.81. The monoisotopic (exact) mass is 290 g/mol. The van der Waals surface area contributed by atoms with Crippen molar-refractivity contribution in [3.8, 4) is 11.5 Å². The highest BCUT2D eigenvalue weighted by Gasteiger charge is 1.98. The minimum atomic E-state index is 0.142. The first-order valence-corrected chi connectivity index (χ1v) is 8.39. The maximum Gasteiger partial charge on any atom is 0.119 e. The number of aryl methyl sites for hydroxylation is 1.